The van der Waals surface area contributed by atoms with Crippen LogP contribution in [-0.2, 0) is 16.0 Å². The van der Waals surface area contributed by atoms with Crippen LogP contribution in [0, 0.1) is 0 Å². The van der Waals surface area contributed by atoms with Gasteiger partial charge in [-0.2, -0.15) is 0 Å². The zero-order chi connectivity index (χ0) is 17.1. The third-order valence-electron chi connectivity index (χ3n) is 3.42. The first-order valence-electron chi connectivity index (χ1n) is 7.15. The highest BCUT2D eigenvalue weighted by Gasteiger charge is 2.09. The van der Waals surface area contributed by atoms with Crippen molar-refractivity contribution in [1.29, 1.82) is 0 Å². The quantitative estimate of drug-likeness (QED) is 0.715. The van der Waals surface area contributed by atoms with Gasteiger partial charge in [0, 0.05) is 5.69 Å². The first kappa shape index (κ1) is 15.5. The number of rotatable bonds is 4. The zero-order valence-electron chi connectivity index (χ0n) is 12.8. The number of ether oxygens (including phenoxy) is 1. The van der Waals surface area contributed by atoms with E-state index in [0.29, 0.717) is 22.4 Å². The molecular formula is C17H14N2O5. The minimum atomic E-state index is -0.536. The Morgan fingerprint density at radius 3 is 2.83 bits per heavy atom. The lowest BCUT2D eigenvalue weighted by atomic mass is 10.1. The molecule has 0 aliphatic rings. The van der Waals surface area contributed by atoms with Gasteiger partial charge in [0.15, 0.2) is 5.58 Å². The van der Waals surface area contributed by atoms with E-state index in [1.165, 1.54) is 7.11 Å². The molecule has 3 rings (SSSR count). The van der Waals surface area contributed by atoms with Crippen LogP contribution in [0.5, 0.6) is 0 Å². The molecule has 24 heavy (non-hydrogen) atoms. The van der Waals surface area contributed by atoms with Crippen LogP contribution in [0.25, 0.3) is 11.1 Å². The minimum Gasteiger partial charge on any atom is -0.465 e. The number of carbonyl (C=O) groups is 2. The summed E-state index contributed by atoms with van der Waals surface area (Å²) in [6, 6.07) is 11.5. The number of anilines is 1. The summed E-state index contributed by atoms with van der Waals surface area (Å²) in [5.74, 6) is -1.26. The number of oxazole rings is 1. The van der Waals surface area contributed by atoms with Crippen LogP contribution in [0.2, 0.25) is 0 Å². The monoisotopic (exact) mass is 326 g/mol. The number of carbonyl (C=O) groups excluding carboxylic acids is 2. The van der Waals surface area contributed by atoms with Crippen LogP contribution in [-0.4, -0.2) is 24.0 Å². The Bertz CT molecular complexity index is 970. The molecule has 7 heteroatoms. The third kappa shape index (κ3) is 3.35. The lowest BCUT2D eigenvalue weighted by molar-refractivity contribution is -0.115. The minimum absolute atomic E-state index is 0.117. The molecule has 0 saturated heterocycles. The van der Waals surface area contributed by atoms with Crippen molar-refractivity contribution in [2.75, 3.05) is 12.4 Å². The summed E-state index contributed by atoms with van der Waals surface area (Å²) in [6.07, 6.45) is 0.117. The zero-order valence-corrected chi connectivity index (χ0v) is 12.8. The van der Waals surface area contributed by atoms with E-state index >= 15 is 0 Å². The molecule has 122 valence electrons. The van der Waals surface area contributed by atoms with E-state index in [1.807, 2.05) is 0 Å². The van der Waals surface area contributed by atoms with Gasteiger partial charge in [-0.3, -0.25) is 9.78 Å². The second kappa shape index (κ2) is 6.41. The Morgan fingerprint density at radius 2 is 2.04 bits per heavy atom. The summed E-state index contributed by atoms with van der Waals surface area (Å²) in [5, 5.41) is 2.72. The molecule has 1 amide bonds. The number of aromatic nitrogens is 1. The Hall–Kier alpha value is -3.35. The van der Waals surface area contributed by atoms with E-state index in [9.17, 15) is 14.4 Å². The normalized spacial score (nSPS) is 10.5. The van der Waals surface area contributed by atoms with Gasteiger partial charge >= 0.3 is 11.7 Å². The van der Waals surface area contributed by atoms with Gasteiger partial charge in [0.25, 0.3) is 0 Å². The van der Waals surface area contributed by atoms with Gasteiger partial charge in [0.05, 0.1) is 24.6 Å². The average Bonchev–Trinajstić information content (AvgIpc) is 2.93. The molecule has 2 N–H and O–H groups in total. The lowest BCUT2D eigenvalue weighted by Gasteiger charge is -2.07. The van der Waals surface area contributed by atoms with Gasteiger partial charge in [-0.25, -0.2) is 9.59 Å². The SMILES string of the molecule is COC(=O)c1cccc(NC(=O)Cc2ccc3oc(=O)[nH]c3c2)c1. The number of hydrogen-bond acceptors (Lipinski definition) is 5. The average molecular weight is 326 g/mol. The maximum Gasteiger partial charge on any atom is 0.417 e. The number of aromatic amines is 1. The van der Waals surface area contributed by atoms with Crippen molar-refractivity contribution in [3.05, 3.63) is 64.1 Å². The highest BCUT2D eigenvalue weighted by Crippen LogP contribution is 2.15. The maximum atomic E-state index is 12.2. The second-order valence-corrected chi connectivity index (χ2v) is 5.14. The molecular weight excluding hydrogens is 312 g/mol. The fourth-order valence-electron chi connectivity index (χ4n) is 2.34. The van der Waals surface area contributed by atoms with Gasteiger partial charge < -0.3 is 14.5 Å². The van der Waals surface area contributed by atoms with Gasteiger partial charge in [-0.1, -0.05) is 12.1 Å². The summed E-state index contributed by atoms with van der Waals surface area (Å²) in [6.45, 7) is 0. The molecule has 0 fully saturated rings. The van der Waals surface area contributed by atoms with E-state index in [-0.39, 0.29) is 12.3 Å². The topological polar surface area (TPSA) is 101 Å². The van der Waals surface area contributed by atoms with Crippen molar-refractivity contribution >= 4 is 28.7 Å². The van der Waals surface area contributed by atoms with Crippen LogP contribution in [0.15, 0.2) is 51.7 Å². The Balaban J connectivity index is 1.72. The Morgan fingerprint density at radius 1 is 1.21 bits per heavy atom. The maximum absolute atomic E-state index is 12.2. The van der Waals surface area contributed by atoms with E-state index in [1.54, 1.807) is 42.5 Å². The first-order valence-corrected chi connectivity index (χ1v) is 7.15. The van der Waals surface area contributed by atoms with Gasteiger partial charge in [-0.15, -0.1) is 0 Å². The predicted molar refractivity (Wildman–Crippen MR) is 86.9 cm³/mol. The Labute approximate surface area is 136 Å². The fraction of sp³-hybridized carbons (Fsp3) is 0.118. The van der Waals surface area contributed by atoms with Crippen LogP contribution in [0.4, 0.5) is 5.69 Å². The van der Waals surface area contributed by atoms with Crippen molar-refractivity contribution in [2.45, 2.75) is 6.42 Å². The fourth-order valence-corrected chi connectivity index (χ4v) is 2.34. The van der Waals surface area contributed by atoms with Gasteiger partial charge in [0.2, 0.25) is 5.91 Å². The van der Waals surface area contributed by atoms with Crippen LogP contribution in [0.1, 0.15) is 15.9 Å². The van der Waals surface area contributed by atoms with Crippen molar-refractivity contribution < 1.29 is 18.7 Å². The van der Waals surface area contributed by atoms with Crippen LogP contribution < -0.4 is 11.1 Å². The molecule has 0 atom stereocenters. The lowest BCUT2D eigenvalue weighted by Crippen LogP contribution is -2.14. The number of methoxy groups -OCH3 is 1. The number of nitrogens with one attached hydrogen (secondary N) is 2. The smallest absolute Gasteiger partial charge is 0.417 e. The number of benzene rings is 2. The molecule has 0 saturated carbocycles. The molecule has 1 aromatic heterocycles. The number of hydrogen-bond donors (Lipinski definition) is 2. The molecule has 0 bridgehead atoms. The highest BCUT2D eigenvalue weighted by atomic mass is 16.5. The van der Waals surface area contributed by atoms with Gasteiger partial charge in [0.1, 0.15) is 0 Å². The number of esters is 1. The summed E-state index contributed by atoms with van der Waals surface area (Å²) in [7, 11) is 1.30. The van der Waals surface area contributed by atoms with Crippen molar-refractivity contribution in [2.24, 2.45) is 0 Å². The van der Waals surface area contributed by atoms with E-state index in [0.717, 1.165) is 5.56 Å². The molecule has 1 heterocycles. The molecule has 7 nitrogen and oxygen atoms in total. The van der Waals surface area contributed by atoms with Crippen LogP contribution >= 0.6 is 0 Å². The van der Waals surface area contributed by atoms with Crippen molar-refractivity contribution in [3.8, 4) is 0 Å². The molecule has 0 spiro atoms. The molecule has 2 aromatic carbocycles. The highest BCUT2D eigenvalue weighted by molar-refractivity contribution is 5.95. The number of H-pyrrole nitrogens is 1. The van der Waals surface area contributed by atoms with E-state index in [4.69, 9.17) is 4.42 Å². The first-order chi connectivity index (χ1) is 11.5. The molecule has 0 aliphatic carbocycles. The largest absolute Gasteiger partial charge is 0.465 e. The van der Waals surface area contributed by atoms with Crippen molar-refractivity contribution in [3.63, 3.8) is 0 Å². The summed E-state index contributed by atoms with van der Waals surface area (Å²) in [5.41, 5.74) is 2.56. The second-order valence-electron chi connectivity index (χ2n) is 5.14. The molecule has 0 unspecified atom stereocenters. The Kier molecular flexibility index (Phi) is 4.15. The van der Waals surface area contributed by atoms with E-state index < -0.39 is 11.7 Å². The van der Waals surface area contributed by atoms with Crippen LogP contribution in [0.3, 0.4) is 0 Å². The van der Waals surface area contributed by atoms with E-state index in [2.05, 4.69) is 15.0 Å². The number of fused-ring (bicyclic) bond motifs is 1. The third-order valence-corrected chi connectivity index (χ3v) is 3.42. The van der Waals surface area contributed by atoms with Gasteiger partial charge in [-0.05, 0) is 35.9 Å². The predicted octanol–water partition coefficient (Wildman–Crippen LogP) is 2.09. The summed E-state index contributed by atoms with van der Waals surface area (Å²) >= 11 is 0. The number of amides is 1. The summed E-state index contributed by atoms with van der Waals surface area (Å²) in [4.78, 5) is 37.3. The molecule has 0 aliphatic heterocycles. The standard InChI is InChI=1S/C17H14N2O5/c1-23-16(21)11-3-2-4-12(9-11)18-15(20)8-10-5-6-14-13(7-10)19-17(22)24-14/h2-7,9H,8H2,1H3,(H,18,20)(H,19,22). The van der Waals surface area contributed by atoms with Crippen molar-refractivity contribution in [1.82, 2.24) is 4.98 Å². The molecule has 3 aromatic rings. The molecule has 0 radical (unpaired) electrons. The summed E-state index contributed by atoms with van der Waals surface area (Å²) < 4.78 is 9.56.